The van der Waals surface area contributed by atoms with Gasteiger partial charge in [-0.15, -0.1) is 0 Å². The fourth-order valence-electron chi connectivity index (χ4n) is 1.92. The number of nitrogens with zero attached hydrogens (tertiary/aromatic N) is 1. The van der Waals surface area contributed by atoms with Gasteiger partial charge in [0.15, 0.2) is 5.13 Å². The van der Waals surface area contributed by atoms with Crippen LogP contribution in [0.2, 0.25) is 0 Å². The van der Waals surface area contributed by atoms with Crippen molar-refractivity contribution in [1.82, 2.24) is 4.98 Å². The minimum absolute atomic E-state index is 0.0668. The van der Waals surface area contributed by atoms with Gasteiger partial charge in [0.2, 0.25) is 0 Å². The molecule has 0 spiro atoms. The number of sulfonamides is 1. The lowest BCUT2D eigenvalue weighted by Gasteiger charge is -2.04. The third-order valence-electron chi connectivity index (χ3n) is 3.05. The highest BCUT2D eigenvalue weighted by Gasteiger charge is 2.17. The second-order valence-corrected chi connectivity index (χ2v) is 7.39. The highest BCUT2D eigenvalue weighted by Crippen LogP contribution is 2.28. The van der Waals surface area contributed by atoms with E-state index in [4.69, 9.17) is 10.8 Å². The van der Waals surface area contributed by atoms with Crippen LogP contribution >= 0.6 is 11.3 Å². The second kappa shape index (κ2) is 5.52. The summed E-state index contributed by atoms with van der Waals surface area (Å²) in [6, 6.07) is 10.2. The summed E-state index contributed by atoms with van der Waals surface area (Å²) in [6.07, 6.45) is 0. The van der Waals surface area contributed by atoms with E-state index >= 15 is 0 Å². The first kappa shape index (κ1) is 15.3. The molecule has 3 rings (SSSR count). The van der Waals surface area contributed by atoms with E-state index < -0.39 is 16.0 Å². The number of hydrogen-bond donors (Lipinski definition) is 3. The Morgan fingerprint density at radius 2 is 1.87 bits per heavy atom. The molecule has 118 valence electrons. The molecule has 9 heteroatoms. The lowest BCUT2D eigenvalue weighted by atomic mass is 10.2. The van der Waals surface area contributed by atoms with Gasteiger partial charge in [-0.25, -0.2) is 18.2 Å². The molecule has 4 N–H and O–H groups in total. The zero-order valence-electron chi connectivity index (χ0n) is 11.6. The molecule has 0 aliphatic rings. The number of nitrogen functional groups attached to an aromatic ring is 1. The summed E-state index contributed by atoms with van der Waals surface area (Å²) >= 11 is 1.06. The topological polar surface area (TPSA) is 122 Å². The number of aromatic carboxylic acids is 1. The summed E-state index contributed by atoms with van der Waals surface area (Å²) in [6.45, 7) is 0. The third-order valence-corrected chi connectivity index (χ3v) is 5.47. The fraction of sp³-hybridized carbons (Fsp3) is 0. The largest absolute Gasteiger partial charge is 0.478 e. The lowest BCUT2D eigenvalue weighted by Crippen LogP contribution is -2.12. The van der Waals surface area contributed by atoms with Gasteiger partial charge < -0.3 is 10.8 Å². The zero-order valence-corrected chi connectivity index (χ0v) is 13.2. The molecular weight excluding hydrogens is 338 g/mol. The van der Waals surface area contributed by atoms with Gasteiger partial charge in [-0.2, -0.15) is 0 Å². The van der Waals surface area contributed by atoms with Crippen molar-refractivity contribution in [2.75, 3.05) is 10.5 Å². The van der Waals surface area contributed by atoms with E-state index in [2.05, 4.69) is 9.71 Å². The summed E-state index contributed by atoms with van der Waals surface area (Å²) in [4.78, 5) is 15.2. The standard InChI is InChI=1S/C14H11N3O4S2/c15-9-2-4-10(5-3-9)23(20,21)17-14-16-11-6-1-8(13(18)19)7-12(11)22-14/h1-7H,15H2,(H,16,17)(H,18,19). The molecule has 0 bridgehead atoms. The van der Waals surface area contributed by atoms with Gasteiger partial charge in [-0.05, 0) is 42.5 Å². The van der Waals surface area contributed by atoms with E-state index in [1.165, 1.54) is 42.5 Å². The normalized spacial score (nSPS) is 11.5. The molecule has 0 radical (unpaired) electrons. The Kier molecular flexibility index (Phi) is 3.66. The fourth-order valence-corrected chi connectivity index (χ4v) is 4.06. The van der Waals surface area contributed by atoms with Crippen molar-refractivity contribution in [1.29, 1.82) is 0 Å². The van der Waals surface area contributed by atoms with Gasteiger partial charge in [0, 0.05) is 5.69 Å². The third kappa shape index (κ3) is 3.10. The Labute approximate surface area is 135 Å². The monoisotopic (exact) mass is 349 g/mol. The Bertz CT molecular complexity index is 995. The number of aromatic nitrogens is 1. The number of carbonyl (C=O) groups is 1. The van der Waals surface area contributed by atoms with Gasteiger partial charge in [0.05, 0.1) is 20.7 Å². The van der Waals surface area contributed by atoms with E-state index in [-0.39, 0.29) is 15.6 Å². The average molecular weight is 349 g/mol. The van der Waals surface area contributed by atoms with Crippen molar-refractivity contribution in [3.8, 4) is 0 Å². The highest BCUT2D eigenvalue weighted by atomic mass is 32.2. The molecule has 0 aliphatic heterocycles. The summed E-state index contributed by atoms with van der Waals surface area (Å²) in [5.41, 5.74) is 6.64. The van der Waals surface area contributed by atoms with Gasteiger partial charge in [0.1, 0.15) is 0 Å². The predicted octanol–water partition coefficient (Wildman–Crippen LogP) is 2.38. The maximum atomic E-state index is 12.3. The number of rotatable bonds is 4. The van der Waals surface area contributed by atoms with Crippen LogP contribution in [0.1, 0.15) is 10.4 Å². The van der Waals surface area contributed by atoms with Crippen molar-refractivity contribution in [3.05, 3.63) is 48.0 Å². The number of nitrogens with two attached hydrogens (primary N) is 1. The van der Waals surface area contributed by atoms with Crippen LogP contribution in [0.3, 0.4) is 0 Å². The molecule has 1 aromatic heterocycles. The molecule has 3 aromatic rings. The van der Waals surface area contributed by atoms with E-state index in [0.29, 0.717) is 15.9 Å². The Morgan fingerprint density at radius 1 is 1.17 bits per heavy atom. The Hall–Kier alpha value is -2.65. The first-order valence-electron chi connectivity index (χ1n) is 6.37. The smallest absolute Gasteiger partial charge is 0.335 e. The number of hydrogen-bond acceptors (Lipinski definition) is 6. The van der Waals surface area contributed by atoms with Crippen LogP contribution in [0.15, 0.2) is 47.4 Å². The maximum Gasteiger partial charge on any atom is 0.335 e. The maximum absolute atomic E-state index is 12.3. The number of benzene rings is 2. The second-order valence-electron chi connectivity index (χ2n) is 4.68. The summed E-state index contributed by atoms with van der Waals surface area (Å²) in [7, 11) is -3.78. The highest BCUT2D eigenvalue weighted by molar-refractivity contribution is 7.93. The number of fused-ring (bicyclic) bond motifs is 1. The molecule has 2 aromatic carbocycles. The number of anilines is 2. The van der Waals surface area contributed by atoms with Gasteiger partial charge in [0.25, 0.3) is 10.0 Å². The molecule has 1 heterocycles. The van der Waals surface area contributed by atoms with Crippen molar-refractivity contribution in [2.45, 2.75) is 4.90 Å². The number of nitrogens with one attached hydrogen (secondary N) is 1. The molecule has 0 unspecified atom stereocenters. The van der Waals surface area contributed by atoms with Crippen molar-refractivity contribution in [3.63, 3.8) is 0 Å². The van der Waals surface area contributed by atoms with Crippen LogP contribution in [0.4, 0.5) is 10.8 Å². The molecule has 7 nitrogen and oxygen atoms in total. The van der Waals surface area contributed by atoms with Crippen LogP contribution in [-0.4, -0.2) is 24.5 Å². The number of thiazole rings is 1. The minimum Gasteiger partial charge on any atom is -0.478 e. The first-order valence-corrected chi connectivity index (χ1v) is 8.67. The van der Waals surface area contributed by atoms with Gasteiger partial charge in [-0.3, -0.25) is 4.72 Å². The molecule has 0 fully saturated rings. The average Bonchev–Trinajstić information content (AvgIpc) is 2.87. The molecular formula is C14H11N3O4S2. The van der Waals surface area contributed by atoms with Gasteiger partial charge >= 0.3 is 5.97 Å². The molecule has 0 aliphatic carbocycles. The predicted molar refractivity (Wildman–Crippen MR) is 88.2 cm³/mol. The molecule has 0 saturated heterocycles. The molecule has 0 saturated carbocycles. The summed E-state index contributed by atoms with van der Waals surface area (Å²) in [5.74, 6) is -1.05. The van der Waals surface area contributed by atoms with Crippen LogP contribution < -0.4 is 10.5 Å². The van der Waals surface area contributed by atoms with E-state index in [1.54, 1.807) is 0 Å². The lowest BCUT2D eigenvalue weighted by molar-refractivity contribution is 0.0697. The van der Waals surface area contributed by atoms with Crippen LogP contribution in [0.5, 0.6) is 0 Å². The minimum atomic E-state index is -3.78. The Balaban J connectivity index is 1.94. The van der Waals surface area contributed by atoms with Crippen molar-refractivity contribution in [2.24, 2.45) is 0 Å². The van der Waals surface area contributed by atoms with Gasteiger partial charge in [-0.1, -0.05) is 11.3 Å². The van der Waals surface area contributed by atoms with Crippen molar-refractivity contribution >= 4 is 48.4 Å². The zero-order chi connectivity index (χ0) is 16.6. The SMILES string of the molecule is Nc1ccc(S(=O)(=O)Nc2nc3ccc(C(=O)O)cc3s2)cc1. The van der Waals surface area contributed by atoms with Crippen LogP contribution in [0.25, 0.3) is 10.2 Å². The number of carboxylic acids is 1. The number of carboxylic acid groups (broad SMARTS) is 1. The van der Waals surface area contributed by atoms with E-state index in [9.17, 15) is 13.2 Å². The quantitative estimate of drug-likeness (QED) is 0.622. The first-order chi connectivity index (χ1) is 10.8. The van der Waals surface area contributed by atoms with E-state index in [0.717, 1.165) is 11.3 Å². The Morgan fingerprint density at radius 3 is 2.52 bits per heavy atom. The van der Waals surface area contributed by atoms with Crippen molar-refractivity contribution < 1.29 is 18.3 Å². The van der Waals surface area contributed by atoms with Crippen LogP contribution in [-0.2, 0) is 10.0 Å². The van der Waals surface area contributed by atoms with E-state index in [1.807, 2.05) is 0 Å². The van der Waals surface area contributed by atoms with Crippen LogP contribution in [0, 0.1) is 0 Å². The molecule has 23 heavy (non-hydrogen) atoms. The molecule has 0 amide bonds. The molecule has 0 atom stereocenters. The summed E-state index contributed by atoms with van der Waals surface area (Å²) < 4.78 is 27.5. The summed E-state index contributed by atoms with van der Waals surface area (Å²) in [5, 5.41) is 9.14.